The topological polar surface area (TPSA) is 75.2 Å². The molecule has 0 aliphatic heterocycles. The summed E-state index contributed by atoms with van der Waals surface area (Å²) in [7, 11) is 1.69. The molecule has 0 aliphatic carbocycles. The number of halogens is 1. The third-order valence-electron chi connectivity index (χ3n) is 4.18. The zero-order valence-electron chi connectivity index (χ0n) is 15.3. The first-order valence-electron chi connectivity index (χ1n) is 8.70. The van der Waals surface area contributed by atoms with E-state index in [1.165, 1.54) is 42.6 Å². The van der Waals surface area contributed by atoms with Crippen molar-refractivity contribution in [2.24, 2.45) is 0 Å². The van der Waals surface area contributed by atoms with Crippen molar-refractivity contribution >= 4 is 17.5 Å². The van der Waals surface area contributed by atoms with Crippen LogP contribution >= 0.6 is 0 Å². The highest BCUT2D eigenvalue weighted by Crippen LogP contribution is 2.12. The highest BCUT2D eigenvalue weighted by Gasteiger charge is 2.16. The SMILES string of the molecule is CN(CCc1ccncc1)C(=O)c1cc(C(=O)Nc2ccc(F)cc2)ccn1. The van der Waals surface area contributed by atoms with E-state index in [2.05, 4.69) is 15.3 Å². The molecule has 2 heterocycles. The number of anilines is 1. The molecule has 0 atom stereocenters. The summed E-state index contributed by atoms with van der Waals surface area (Å²) >= 11 is 0. The number of pyridine rings is 2. The molecular formula is C21H19FN4O2. The predicted octanol–water partition coefficient (Wildman–Crippen LogP) is 3.18. The average molecular weight is 378 g/mol. The van der Waals surface area contributed by atoms with Crippen molar-refractivity contribution in [3.8, 4) is 0 Å². The van der Waals surface area contributed by atoms with Gasteiger partial charge in [0.2, 0.25) is 0 Å². The van der Waals surface area contributed by atoms with E-state index < -0.39 is 5.91 Å². The van der Waals surface area contributed by atoms with Gasteiger partial charge in [-0.25, -0.2) is 4.39 Å². The molecule has 1 N–H and O–H groups in total. The van der Waals surface area contributed by atoms with Gasteiger partial charge in [-0.05, 0) is 60.5 Å². The maximum Gasteiger partial charge on any atom is 0.272 e. The Bertz CT molecular complexity index is 962. The lowest BCUT2D eigenvalue weighted by Gasteiger charge is -2.17. The second-order valence-corrected chi connectivity index (χ2v) is 6.22. The van der Waals surface area contributed by atoms with Crippen molar-refractivity contribution in [2.45, 2.75) is 6.42 Å². The number of likely N-dealkylation sites (N-methyl/N-ethyl adjacent to an activating group) is 1. The van der Waals surface area contributed by atoms with Gasteiger partial charge in [0.05, 0.1) is 0 Å². The second kappa shape index (κ2) is 8.85. The Morgan fingerprint density at radius 2 is 1.75 bits per heavy atom. The predicted molar refractivity (Wildman–Crippen MR) is 103 cm³/mol. The molecule has 0 spiro atoms. The van der Waals surface area contributed by atoms with E-state index in [1.54, 1.807) is 24.3 Å². The molecule has 142 valence electrons. The molecule has 3 rings (SSSR count). The number of hydrogen-bond donors (Lipinski definition) is 1. The molecule has 2 amide bonds. The van der Waals surface area contributed by atoms with Gasteiger partial charge in [0.1, 0.15) is 11.5 Å². The van der Waals surface area contributed by atoms with Crippen LogP contribution in [0.1, 0.15) is 26.4 Å². The number of carbonyl (C=O) groups is 2. The fraction of sp³-hybridized carbons (Fsp3) is 0.143. The van der Waals surface area contributed by atoms with Crippen LogP contribution < -0.4 is 5.32 Å². The minimum atomic E-state index is -0.400. The van der Waals surface area contributed by atoms with Gasteiger partial charge < -0.3 is 10.2 Å². The lowest BCUT2D eigenvalue weighted by molar-refractivity contribution is 0.0791. The van der Waals surface area contributed by atoms with Crippen LogP contribution in [0, 0.1) is 5.82 Å². The summed E-state index contributed by atoms with van der Waals surface area (Å²) in [5.41, 5.74) is 2.02. The van der Waals surface area contributed by atoms with E-state index in [0.717, 1.165) is 5.56 Å². The van der Waals surface area contributed by atoms with Gasteiger partial charge in [-0.1, -0.05) is 0 Å². The molecular weight excluding hydrogens is 359 g/mol. The summed E-state index contributed by atoms with van der Waals surface area (Å²) in [6.45, 7) is 0.510. The molecule has 1 aromatic carbocycles. The Balaban J connectivity index is 1.65. The number of amides is 2. The summed E-state index contributed by atoms with van der Waals surface area (Å²) in [4.78, 5) is 34.6. The van der Waals surface area contributed by atoms with Crippen LogP contribution in [0.15, 0.2) is 67.1 Å². The molecule has 6 nitrogen and oxygen atoms in total. The highest BCUT2D eigenvalue weighted by atomic mass is 19.1. The van der Waals surface area contributed by atoms with Crippen LogP contribution in [-0.4, -0.2) is 40.3 Å². The first-order chi connectivity index (χ1) is 13.5. The molecule has 7 heteroatoms. The van der Waals surface area contributed by atoms with Crippen molar-refractivity contribution in [3.05, 3.63) is 89.8 Å². The fourth-order valence-electron chi connectivity index (χ4n) is 2.57. The molecule has 0 saturated heterocycles. The zero-order chi connectivity index (χ0) is 19.9. The van der Waals surface area contributed by atoms with Crippen molar-refractivity contribution in [1.29, 1.82) is 0 Å². The van der Waals surface area contributed by atoms with Crippen LogP contribution in [0.25, 0.3) is 0 Å². The van der Waals surface area contributed by atoms with Crippen molar-refractivity contribution in [3.63, 3.8) is 0 Å². The van der Waals surface area contributed by atoms with E-state index in [0.29, 0.717) is 24.2 Å². The minimum Gasteiger partial charge on any atom is -0.340 e. The quantitative estimate of drug-likeness (QED) is 0.715. The van der Waals surface area contributed by atoms with Crippen LogP contribution in [0.4, 0.5) is 10.1 Å². The number of carbonyl (C=O) groups excluding carboxylic acids is 2. The summed E-state index contributed by atoms with van der Waals surface area (Å²) < 4.78 is 13.0. The van der Waals surface area contributed by atoms with E-state index >= 15 is 0 Å². The maximum absolute atomic E-state index is 13.0. The molecule has 0 bridgehead atoms. The normalized spacial score (nSPS) is 10.4. The molecule has 2 aromatic heterocycles. The van der Waals surface area contributed by atoms with Crippen LogP contribution in [0.3, 0.4) is 0 Å². The number of rotatable bonds is 6. The van der Waals surface area contributed by atoms with Gasteiger partial charge in [0.15, 0.2) is 0 Å². The van der Waals surface area contributed by atoms with Crippen LogP contribution in [0.2, 0.25) is 0 Å². The minimum absolute atomic E-state index is 0.184. The Morgan fingerprint density at radius 1 is 1.04 bits per heavy atom. The number of aromatic nitrogens is 2. The first-order valence-corrected chi connectivity index (χ1v) is 8.70. The lowest BCUT2D eigenvalue weighted by atomic mass is 10.1. The maximum atomic E-state index is 13.0. The van der Waals surface area contributed by atoms with Crippen LogP contribution in [0.5, 0.6) is 0 Å². The third-order valence-corrected chi connectivity index (χ3v) is 4.18. The van der Waals surface area contributed by atoms with Gasteiger partial charge >= 0.3 is 0 Å². The monoisotopic (exact) mass is 378 g/mol. The summed E-state index contributed by atoms with van der Waals surface area (Å²) in [6.07, 6.45) is 5.53. The van der Waals surface area contributed by atoms with Crippen LogP contribution in [-0.2, 0) is 6.42 Å². The van der Waals surface area contributed by atoms with Gasteiger partial charge in [-0.15, -0.1) is 0 Å². The fourth-order valence-corrected chi connectivity index (χ4v) is 2.57. The van der Waals surface area contributed by atoms with E-state index in [1.807, 2.05) is 12.1 Å². The molecule has 0 fully saturated rings. The largest absolute Gasteiger partial charge is 0.340 e. The van der Waals surface area contributed by atoms with Crippen molar-refractivity contribution < 1.29 is 14.0 Å². The highest BCUT2D eigenvalue weighted by molar-refractivity contribution is 6.05. The second-order valence-electron chi connectivity index (χ2n) is 6.22. The summed E-state index contributed by atoms with van der Waals surface area (Å²) in [5, 5.41) is 2.66. The summed E-state index contributed by atoms with van der Waals surface area (Å²) in [5.74, 6) is -1.06. The molecule has 0 saturated carbocycles. The van der Waals surface area contributed by atoms with Gasteiger partial charge in [0, 0.05) is 43.4 Å². The molecule has 3 aromatic rings. The van der Waals surface area contributed by atoms with Gasteiger partial charge in [-0.3, -0.25) is 19.6 Å². The Kier molecular flexibility index (Phi) is 6.06. The van der Waals surface area contributed by atoms with Crippen molar-refractivity contribution in [2.75, 3.05) is 18.9 Å². The Labute approximate surface area is 162 Å². The third kappa shape index (κ3) is 4.97. The lowest BCUT2D eigenvalue weighted by Crippen LogP contribution is -2.29. The first kappa shape index (κ1) is 19.2. The standard InChI is InChI=1S/C21H19FN4O2/c1-26(13-9-15-6-10-23-11-7-15)21(28)19-14-16(8-12-24-19)20(27)25-18-4-2-17(22)3-5-18/h2-8,10-12,14H,9,13H2,1H3,(H,25,27). The van der Waals surface area contributed by atoms with Gasteiger partial charge in [-0.2, -0.15) is 0 Å². The smallest absolute Gasteiger partial charge is 0.272 e. The number of benzene rings is 1. The molecule has 28 heavy (non-hydrogen) atoms. The Morgan fingerprint density at radius 3 is 2.46 bits per heavy atom. The zero-order valence-corrected chi connectivity index (χ0v) is 15.3. The molecule has 0 unspecified atom stereocenters. The number of nitrogens with one attached hydrogen (secondary N) is 1. The van der Waals surface area contributed by atoms with E-state index in [-0.39, 0.29) is 17.4 Å². The average Bonchev–Trinajstić information content (AvgIpc) is 2.74. The van der Waals surface area contributed by atoms with E-state index in [9.17, 15) is 14.0 Å². The molecule has 0 aliphatic rings. The number of nitrogens with zero attached hydrogens (tertiary/aromatic N) is 3. The molecule has 0 radical (unpaired) electrons. The number of hydrogen-bond acceptors (Lipinski definition) is 4. The summed E-state index contributed by atoms with van der Waals surface area (Å²) in [6, 6.07) is 12.2. The van der Waals surface area contributed by atoms with E-state index in [4.69, 9.17) is 0 Å². The van der Waals surface area contributed by atoms with Crippen molar-refractivity contribution in [1.82, 2.24) is 14.9 Å². The van der Waals surface area contributed by atoms with Gasteiger partial charge in [0.25, 0.3) is 11.8 Å². The Hall–Kier alpha value is -3.61.